The monoisotopic (exact) mass is 904 g/mol. The molecule has 0 radical (unpaired) electrons. The van der Waals surface area contributed by atoms with E-state index in [1.807, 2.05) is 81.7 Å². The second-order valence-electron chi connectivity index (χ2n) is 15.0. The van der Waals surface area contributed by atoms with Gasteiger partial charge in [-0.25, -0.2) is 4.79 Å². The minimum Gasteiger partial charge on any atom is -0.491 e. The average Bonchev–Trinajstić information content (AvgIpc) is 3.57. The number of nitrogens with one attached hydrogen (secondary N) is 2. The van der Waals surface area contributed by atoms with Crippen LogP contribution in [0.25, 0.3) is 5.69 Å². The number of aromatic nitrogens is 3. The summed E-state index contributed by atoms with van der Waals surface area (Å²) in [5.74, 6) is 1.80. The number of aryl methyl sites for hydroxylation is 1. The number of alkyl carbamates (subject to hydrolysis) is 1. The van der Waals surface area contributed by atoms with Crippen LogP contribution in [-0.2, 0) is 47.4 Å². The van der Waals surface area contributed by atoms with Crippen LogP contribution < -0.4 is 15.4 Å². The highest BCUT2D eigenvalue weighted by molar-refractivity contribution is 6.30. The molecule has 0 spiro atoms. The van der Waals surface area contributed by atoms with E-state index in [-0.39, 0.29) is 12.3 Å². The lowest BCUT2D eigenvalue weighted by molar-refractivity contribution is -0.121. The van der Waals surface area contributed by atoms with Crippen LogP contribution in [-0.4, -0.2) is 163 Å². The van der Waals surface area contributed by atoms with Crippen LogP contribution in [0.5, 0.6) is 5.75 Å². The first-order chi connectivity index (χ1) is 30.6. The predicted octanol–water partition coefficient (Wildman–Crippen LogP) is 4.68. The molecule has 0 bridgehead atoms. The minimum absolute atomic E-state index is 0.119. The highest BCUT2D eigenvalue weighted by Crippen LogP contribution is 2.34. The maximum Gasteiger partial charge on any atom is 0.407 e. The van der Waals surface area contributed by atoms with Crippen molar-refractivity contribution in [2.45, 2.75) is 52.7 Å². The fraction of sp³-hybridized carbons (Fsp3) is 0.614. The van der Waals surface area contributed by atoms with Gasteiger partial charge in [0.15, 0.2) is 5.82 Å². The first kappa shape index (κ1) is 51.4. The second-order valence-corrected chi connectivity index (χ2v) is 15.4. The Morgan fingerprint density at radius 1 is 0.683 bits per heavy atom. The maximum absolute atomic E-state index is 12.7. The molecule has 350 valence electrons. The average molecular weight is 905 g/mol. The molecule has 0 unspecified atom stereocenters. The molecule has 63 heavy (non-hydrogen) atoms. The topological polar surface area (TPSA) is 194 Å². The summed E-state index contributed by atoms with van der Waals surface area (Å²) in [5.41, 5.74) is 2.67. The summed E-state index contributed by atoms with van der Waals surface area (Å²) in [6, 6.07) is 12.7. The largest absolute Gasteiger partial charge is 0.491 e. The number of carbonyl (C=O) groups is 2. The van der Waals surface area contributed by atoms with Gasteiger partial charge in [-0.05, 0) is 65.0 Å². The van der Waals surface area contributed by atoms with Gasteiger partial charge in [0.05, 0.1) is 124 Å². The first-order valence-corrected chi connectivity index (χ1v) is 21.8. The zero-order valence-electron chi connectivity index (χ0n) is 37.3. The van der Waals surface area contributed by atoms with Crippen LogP contribution in [0.15, 0.2) is 47.5 Å². The number of ether oxygens (including phenoxy) is 10. The van der Waals surface area contributed by atoms with E-state index in [0.29, 0.717) is 154 Å². The third kappa shape index (κ3) is 20.0. The van der Waals surface area contributed by atoms with Crippen molar-refractivity contribution in [1.29, 1.82) is 0 Å². The van der Waals surface area contributed by atoms with Gasteiger partial charge in [-0.15, -0.1) is 10.2 Å². The molecule has 0 aliphatic carbocycles. The second kappa shape index (κ2) is 29.3. The molecule has 3 aromatic rings. The normalized spacial score (nSPS) is 13.5. The number of fused-ring (bicyclic) bond motifs is 3. The van der Waals surface area contributed by atoms with Gasteiger partial charge in [-0.2, -0.15) is 0 Å². The predicted molar refractivity (Wildman–Crippen MR) is 236 cm³/mol. The Kier molecular flexibility index (Phi) is 23.9. The molecule has 0 fully saturated rings. The van der Waals surface area contributed by atoms with Crippen molar-refractivity contribution < 1.29 is 57.0 Å². The highest BCUT2D eigenvalue weighted by Gasteiger charge is 2.30. The van der Waals surface area contributed by atoms with Crippen LogP contribution in [0, 0.1) is 6.92 Å². The summed E-state index contributed by atoms with van der Waals surface area (Å²) in [6.45, 7) is 17.5. The Morgan fingerprint density at radius 3 is 1.70 bits per heavy atom. The molecule has 1 aliphatic rings. The molecule has 18 nitrogen and oxygen atoms in total. The first-order valence-electron chi connectivity index (χ1n) is 21.4. The molecule has 4 rings (SSSR count). The van der Waals surface area contributed by atoms with Crippen LogP contribution in [0.4, 0.5) is 4.79 Å². The highest BCUT2D eigenvalue weighted by atomic mass is 35.5. The summed E-state index contributed by atoms with van der Waals surface area (Å²) in [5, 5.41) is 14.9. The van der Waals surface area contributed by atoms with Gasteiger partial charge in [-0.1, -0.05) is 23.7 Å². The van der Waals surface area contributed by atoms with Crippen LogP contribution in [0.2, 0.25) is 5.02 Å². The smallest absolute Gasteiger partial charge is 0.407 e. The van der Waals surface area contributed by atoms with Crippen molar-refractivity contribution in [3.63, 3.8) is 0 Å². The van der Waals surface area contributed by atoms with Crippen molar-refractivity contribution in [1.82, 2.24) is 25.4 Å². The Bertz CT molecular complexity index is 1810. The number of rotatable bonds is 32. The number of carbonyl (C=O) groups excluding carboxylic acids is 2. The van der Waals surface area contributed by atoms with Crippen molar-refractivity contribution in [3.8, 4) is 11.4 Å². The molecule has 2 amide bonds. The van der Waals surface area contributed by atoms with Gasteiger partial charge in [0.25, 0.3) is 0 Å². The van der Waals surface area contributed by atoms with Gasteiger partial charge in [0, 0.05) is 29.2 Å². The molecule has 1 aliphatic heterocycles. The minimum atomic E-state index is -0.557. The molecular formula is C44H65ClN6O12. The van der Waals surface area contributed by atoms with E-state index in [4.69, 9.17) is 64.0 Å². The lowest BCUT2D eigenvalue weighted by atomic mass is 10.00. The number of halogens is 1. The number of benzene rings is 2. The van der Waals surface area contributed by atoms with Crippen LogP contribution in [0.1, 0.15) is 62.9 Å². The van der Waals surface area contributed by atoms with Gasteiger partial charge >= 0.3 is 6.09 Å². The maximum atomic E-state index is 12.7. The van der Waals surface area contributed by atoms with Gasteiger partial charge in [-0.3, -0.25) is 14.4 Å². The van der Waals surface area contributed by atoms with E-state index in [0.717, 1.165) is 16.8 Å². The molecule has 2 N–H and O–H groups in total. The molecule has 1 aromatic heterocycles. The van der Waals surface area contributed by atoms with E-state index in [1.165, 1.54) is 0 Å². The number of hydrogen-bond donors (Lipinski definition) is 2. The summed E-state index contributed by atoms with van der Waals surface area (Å²) in [7, 11) is 0. The summed E-state index contributed by atoms with van der Waals surface area (Å²) < 4.78 is 57.5. The molecule has 0 saturated carbocycles. The van der Waals surface area contributed by atoms with E-state index >= 15 is 0 Å². The summed E-state index contributed by atoms with van der Waals surface area (Å²) in [6.07, 6.45) is -0.336. The van der Waals surface area contributed by atoms with Crippen LogP contribution >= 0.6 is 11.6 Å². The van der Waals surface area contributed by atoms with Crippen molar-refractivity contribution >= 4 is 29.3 Å². The summed E-state index contributed by atoms with van der Waals surface area (Å²) in [4.78, 5) is 29.4. The molecule has 2 aromatic carbocycles. The fourth-order valence-electron chi connectivity index (χ4n) is 5.98. The molecule has 1 atom stereocenters. The van der Waals surface area contributed by atoms with Gasteiger partial charge < -0.3 is 58.0 Å². The quantitative estimate of drug-likeness (QED) is 0.0821. The summed E-state index contributed by atoms with van der Waals surface area (Å²) >= 11 is 6.23. The number of aliphatic imine (C=N–C) groups is 1. The van der Waals surface area contributed by atoms with E-state index in [9.17, 15) is 9.59 Å². The Labute approximate surface area is 375 Å². The van der Waals surface area contributed by atoms with E-state index in [1.54, 1.807) is 0 Å². The Morgan fingerprint density at radius 2 is 1.19 bits per heavy atom. The standard InChI is InChI=1S/C44H65ClN6O12/c1-6-46-40(52)32-38-42-50-49-33(2)51(42)39-12-11-36(31-37(39)41(48-38)34-7-9-35(45)10-8-34)62-30-29-61-28-27-60-26-25-59-24-23-58-22-21-57-20-19-56-18-17-55-16-15-54-14-13-47-43(53)63-44(3,4)5/h7-12,31,38H,6,13-30,32H2,1-5H3,(H,46,52)(H,47,53)/t38-/m0/s1. The molecule has 2 heterocycles. The zero-order chi connectivity index (χ0) is 45.1. The number of amides is 2. The number of nitrogens with zero attached hydrogens (tertiary/aromatic N) is 4. The van der Waals surface area contributed by atoms with E-state index < -0.39 is 17.7 Å². The van der Waals surface area contributed by atoms with Crippen molar-refractivity contribution in [2.75, 3.05) is 125 Å². The number of hydrogen-bond acceptors (Lipinski definition) is 15. The van der Waals surface area contributed by atoms with Gasteiger partial charge in [0.1, 0.15) is 29.8 Å². The third-order valence-electron chi connectivity index (χ3n) is 8.78. The lowest BCUT2D eigenvalue weighted by Crippen LogP contribution is -2.34. The SMILES string of the molecule is CCNC(=O)C[C@@H]1N=C(c2ccc(Cl)cc2)c2cc(OCCOCCOCCOCCOCCOCCOCCOCCOCCNC(=O)OC(C)(C)C)ccc2-n2c(C)nnc21. The fourth-order valence-corrected chi connectivity index (χ4v) is 6.11. The van der Waals surface area contributed by atoms with Crippen LogP contribution in [0.3, 0.4) is 0 Å². The molecular weight excluding hydrogens is 840 g/mol. The van der Waals surface area contributed by atoms with Gasteiger partial charge in [0.2, 0.25) is 5.91 Å². The molecule has 0 saturated heterocycles. The van der Waals surface area contributed by atoms with E-state index in [2.05, 4.69) is 20.8 Å². The van der Waals surface area contributed by atoms with Crippen molar-refractivity contribution in [3.05, 3.63) is 70.3 Å². The Hall–Kier alpha value is -4.24. The third-order valence-corrected chi connectivity index (χ3v) is 9.03. The van der Waals surface area contributed by atoms with Crippen molar-refractivity contribution in [2.24, 2.45) is 4.99 Å². The Balaban J connectivity index is 0.981. The zero-order valence-corrected chi connectivity index (χ0v) is 38.1. The lowest BCUT2D eigenvalue weighted by Gasteiger charge is -2.19. The molecule has 19 heteroatoms.